The predicted molar refractivity (Wildman–Crippen MR) is 63.6 cm³/mol. The van der Waals surface area contributed by atoms with Crippen molar-refractivity contribution in [2.75, 3.05) is 20.6 Å². The molecule has 0 aromatic heterocycles. The van der Waals surface area contributed by atoms with E-state index in [1.165, 1.54) is 0 Å². The second-order valence-corrected chi connectivity index (χ2v) is 5.33. The first-order valence-electron chi connectivity index (χ1n) is 5.39. The molecule has 0 saturated heterocycles. The van der Waals surface area contributed by atoms with E-state index in [0.717, 1.165) is 0 Å². The average molecular weight is 246 g/mol. The summed E-state index contributed by atoms with van der Waals surface area (Å²) >= 11 is 0. The molecule has 0 aliphatic heterocycles. The average Bonchev–Trinajstić information content (AvgIpc) is 2.10. The van der Waals surface area contributed by atoms with Gasteiger partial charge in [0.15, 0.2) is 0 Å². The highest BCUT2D eigenvalue weighted by Gasteiger charge is 2.45. The topological polar surface area (TPSA) is 92.9 Å². The number of carboxylic acids is 1. The summed E-state index contributed by atoms with van der Waals surface area (Å²) in [7, 11) is 3.55. The van der Waals surface area contributed by atoms with E-state index in [-0.39, 0.29) is 6.42 Å². The minimum Gasteiger partial charge on any atom is -0.479 e. The normalized spacial score (nSPS) is 15.5. The van der Waals surface area contributed by atoms with E-state index in [4.69, 9.17) is 15.6 Å². The Balaban J connectivity index is 4.83. The number of carbonyl (C=O) groups is 2. The number of carboxylic acid groups (broad SMARTS) is 1. The lowest BCUT2D eigenvalue weighted by Gasteiger charge is -2.28. The summed E-state index contributed by atoms with van der Waals surface area (Å²) in [6.07, 6.45) is 0.00421. The van der Waals surface area contributed by atoms with Gasteiger partial charge in [-0.05, 0) is 41.3 Å². The summed E-state index contributed by atoms with van der Waals surface area (Å²) in [4.78, 5) is 24.7. The Bertz CT molecular complexity index is 296. The monoisotopic (exact) mass is 246 g/mol. The van der Waals surface area contributed by atoms with E-state index in [1.54, 1.807) is 39.8 Å². The molecule has 0 aliphatic rings. The molecule has 0 saturated carbocycles. The molecular weight excluding hydrogens is 224 g/mol. The Morgan fingerprint density at radius 3 is 2.06 bits per heavy atom. The predicted octanol–water partition coefficient (Wildman–Crippen LogP) is 0.0619. The first-order valence-corrected chi connectivity index (χ1v) is 5.39. The van der Waals surface area contributed by atoms with Gasteiger partial charge in [-0.25, -0.2) is 9.59 Å². The van der Waals surface area contributed by atoms with Crippen LogP contribution in [0.1, 0.15) is 27.2 Å². The molecule has 6 nitrogen and oxygen atoms in total. The SMILES string of the molecule is CN(C)CC[C@](N)(C(=O)O)C(=O)OC(C)(C)C. The van der Waals surface area contributed by atoms with Crippen LogP contribution in [0.5, 0.6) is 0 Å². The second kappa shape index (κ2) is 5.46. The standard InChI is InChI=1S/C11H22N2O4/c1-10(2,3)17-9(16)11(12,8(14)15)6-7-13(4)5/h6-7,12H2,1-5H3,(H,14,15)/t11-/m0/s1. The first kappa shape index (κ1) is 15.9. The molecule has 0 unspecified atom stereocenters. The Hall–Kier alpha value is -1.14. The summed E-state index contributed by atoms with van der Waals surface area (Å²) in [5.41, 5.74) is 2.90. The molecule has 0 amide bonds. The summed E-state index contributed by atoms with van der Waals surface area (Å²) in [6.45, 7) is 5.39. The highest BCUT2D eigenvalue weighted by Crippen LogP contribution is 2.16. The van der Waals surface area contributed by atoms with E-state index in [0.29, 0.717) is 6.54 Å². The van der Waals surface area contributed by atoms with Crippen molar-refractivity contribution in [2.45, 2.75) is 38.3 Å². The Morgan fingerprint density at radius 2 is 1.76 bits per heavy atom. The molecule has 0 aromatic carbocycles. The number of nitrogens with zero attached hydrogens (tertiary/aromatic N) is 1. The Morgan fingerprint density at radius 1 is 1.29 bits per heavy atom. The Kier molecular flexibility index (Phi) is 5.10. The molecule has 17 heavy (non-hydrogen) atoms. The van der Waals surface area contributed by atoms with Gasteiger partial charge in [-0.15, -0.1) is 0 Å². The van der Waals surface area contributed by atoms with Gasteiger partial charge < -0.3 is 20.5 Å². The number of hydrogen-bond acceptors (Lipinski definition) is 5. The van der Waals surface area contributed by atoms with Crippen molar-refractivity contribution in [3.8, 4) is 0 Å². The zero-order valence-electron chi connectivity index (χ0n) is 11.1. The van der Waals surface area contributed by atoms with Crippen LogP contribution < -0.4 is 5.73 Å². The maximum absolute atomic E-state index is 11.8. The fraction of sp³-hybridized carbons (Fsp3) is 0.818. The maximum atomic E-state index is 11.8. The zero-order valence-corrected chi connectivity index (χ0v) is 11.1. The van der Waals surface area contributed by atoms with Crippen molar-refractivity contribution >= 4 is 11.9 Å². The highest BCUT2D eigenvalue weighted by atomic mass is 16.6. The number of aliphatic carboxylic acids is 1. The van der Waals surface area contributed by atoms with E-state index in [2.05, 4.69) is 0 Å². The van der Waals surface area contributed by atoms with Gasteiger partial charge in [-0.3, -0.25) is 0 Å². The van der Waals surface area contributed by atoms with Crippen LogP contribution in [0.2, 0.25) is 0 Å². The number of ether oxygens (including phenoxy) is 1. The van der Waals surface area contributed by atoms with E-state index < -0.39 is 23.1 Å². The molecule has 0 spiro atoms. The number of esters is 1. The number of hydrogen-bond donors (Lipinski definition) is 2. The molecule has 0 aromatic rings. The molecule has 0 aliphatic carbocycles. The molecule has 0 fully saturated rings. The quantitative estimate of drug-likeness (QED) is 0.526. The van der Waals surface area contributed by atoms with Gasteiger partial charge in [0, 0.05) is 6.54 Å². The molecular formula is C11H22N2O4. The molecule has 0 bridgehead atoms. The van der Waals surface area contributed by atoms with E-state index >= 15 is 0 Å². The minimum atomic E-state index is -1.99. The van der Waals surface area contributed by atoms with Gasteiger partial charge in [-0.2, -0.15) is 0 Å². The first-order chi connectivity index (χ1) is 7.49. The lowest BCUT2D eigenvalue weighted by atomic mass is 9.96. The number of nitrogens with two attached hydrogens (primary N) is 1. The largest absolute Gasteiger partial charge is 0.479 e. The molecule has 0 heterocycles. The lowest BCUT2D eigenvalue weighted by Crippen LogP contribution is -2.58. The van der Waals surface area contributed by atoms with Crippen molar-refractivity contribution in [1.29, 1.82) is 0 Å². The van der Waals surface area contributed by atoms with Gasteiger partial charge in [0.1, 0.15) is 5.60 Å². The summed E-state index contributed by atoms with van der Waals surface area (Å²) in [5.74, 6) is -2.27. The van der Waals surface area contributed by atoms with Crippen LogP contribution in [0, 0.1) is 0 Å². The summed E-state index contributed by atoms with van der Waals surface area (Å²) < 4.78 is 5.03. The van der Waals surface area contributed by atoms with Crippen LogP contribution >= 0.6 is 0 Å². The fourth-order valence-electron chi connectivity index (χ4n) is 1.07. The van der Waals surface area contributed by atoms with Crippen molar-refractivity contribution in [3.63, 3.8) is 0 Å². The Labute approximate surface area is 102 Å². The van der Waals surface area contributed by atoms with Gasteiger partial charge in [0.25, 0.3) is 0 Å². The van der Waals surface area contributed by atoms with Crippen molar-refractivity contribution in [1.82, 2.24) is 4.90 Å². The van der Waals surface area contributed by atoms with E-state index in [1.807, 2.05) is 0 Å². The number of rotatable bonds is 5. The minimum absolute atomic E-state index is 0.00421. The van der Waals surface area contributed by atoms with Crippen molar-refractivity contribution in [2.24, 2.45) is 5.73 Å². The van der Waals surface area contributed by atoms with Gasteiger partial charge >= 0.3 is 11.9 Å². The molecule has 100 valence electrons. The number of carbonyl (C=O) groups excluding carboxylic acids is 1. The van der Waals surface area contributed by atoms with Crippen molar-refractivity contribution in [3.05, 3.63) is 0 Å². The van der Waals surface area contributed by atoms with E-state index in [9.17, 15) is 9.59 Å². The van der Waals surface area contributed by atoms with Crippen LogP contribution in [-0.2, 0) is 14.3 Å². The summed E-state index contributed by atoms with van der Waals surface area (Å²) in [6, 6.07) is 0. The zero-order chi connectivity index (χ0) is 13.9. The van der Waals surface area contributed by atoms with Crippen molar-refractivity contribution < 1.29 is 19.4 Å². The second-order valence-electron chi connectivity index (χ2n) is 5.33. The fourth-order valence-corrected chi connectivity index (χ4v) is 1.07. The van der Waals surface area contributed by atoms with Gasteiger partial charge in [0.2, 0.25) is 5.54 Å². The third kappa shape index (κ3) is 5.14. The van der Waals surface area contributed by atoms with Gasteiger partial charge in [0.05, 0.1) is 0 Å². The maximum Gasteiger partial charge on any atom is 0.338 e. The van der Waals surface area contributed by atoms with Crippen LogP contribution in [0.3, 0.4) is 0 Å². The lowest BCUT2D eigenvalue weighted by molar-refractivity contribution is -0.169. The molecule has 6 heteroatoms. The molecule has 3 N–H and O–H groups in total. The molecule has 1 atom stereocenters. The summed E-state index contributed by atoms with van der Waals surface area (Å²) in [5, 5.41) is 9.07. The van der Waals surface area contributed by atoms with Crippen LogP contribution in [-0.4, -0.2) is 53.7 Å². The smallest absolute Gasteiger partial charge is 0.338 e. The van der Waals surface area contributed by atoms with Crippen LogP contribution in [0.15, 0.2) is 0 Å². The molecule has 0 radical (unpaired) electrons. The third-order valence-corrected chi connectivity index (χ3v) is 2.10. The highest BCUT2D eigenvalue weighted by molar-refractivity contribution is 6.03. The van der Waals surface area contributed by atoms with Crippen LogP contribution in [0.4, 0.5) is 0 Å². The van der Waals surface area contributed by atoms with Gasteiger partial charge in [-0.1, -0.05) is 0 Å². The van der Waals surface area contributed by atoms with Crippen LogP contribution in [0.25, 0.3) is 0 Å². The molecule has 0 rings (SSSR count). The third-order valence-electron chi connectivity index (χ3n) is 2.10.